The van der Waals surface area contributed by atoms with Crippen LogP contribution in [0, 0.1) is 5.82 Å². The number of anilines is 2. The monoisotopic (exact) mass is 274 g/mol. The van der Waals surface area contributed by atoms with Gasteiger partial charge in [0.15, 0.2) is 0 Å². The van der Waals surface area contributed by atoms with Gasteiger partial charge in [0.05, 0.1) is 28.5 Å². The number of nitrogens with one attached hydrogen (secondary N) is 1. The molecule has 0 amide bonds. The summed E-state index contributed by atoms with van der Waals surface area (Å²) in [5.41, 5.74) is 6.87. The van der Waals surface area contributed by atoms with Gasteiger partial charge in [0, 0.05) is 12.7 Å². The van der Waals surface area contributed by atoms with Crippen LogP contribution < -0.4 is 11.1 Å². The zero-order valence-corrected chi connectivity index (χ0v) is 9.68. The zero-order valence-electron chi connectivity index (χ0n) is 8.09. The van der Waals surface area contributed by atoms with E-state index in [0.717, 1.165) is 18.7 Å². The minimum absolute atomic E-state index is 0.268. The molecule has 1 fully saturated rings. The Hall–Kier alpha value is -0.810. The standard InChI is InChI=1S/C10H12BrFN2O/c11-7-3-10(9(13)4-8(7)12)14-6-1-2-15-5-6/h3-4,6,14H,1-2,5,13H2. The molecule has 1 atom stereocenters. The highest BCUT2D eigenvalue weighted by Gasteiger charge is 2.16. The van der Waals surface area contributed by atoms with Crippen LogP contribution in [0.4, 0.5) is 15.8 Å². The van der Waals surface area contributed by atoms with E-state index >= 15 is 0 Å². The maximum absolute atomic E-state index is 13.1. The van der Waals surface area contributed by atoms with Crippen molar-refractivity contribution in [3.63, 3.8) is 0 Å². The lowest BCUT2D eigenvalue weighted by Gasteiger charge is -2.14. The first kappa shape index (κ1) is 10.7. The number of benzene rings is 1. The van der Waals surface area contributed by atoms with Gasteiger partial charge in [0.2, 0.25) is 0 Å². The minimum atomic E-state index is -0.347. The third-order valence-corrected chi connectivity index (χ3v) is 2.99. The summed E-state index contributed by atoms with van der Waals surface area (Å²) < 4.78 is 18.7. The van der Waals surface area contributed by atoms with E-state index in [2.05, 4.69) is 21.2 Å². The van der Waals surface area contributed by atoms with Gasteiger partial charge in [-0.2, -0.15) is 0 Å². The number of ether oxygens (including phenoxy) is 1. The van der Waals surface area contributed by atoms with Gasteiger partial charge in [0.25, 0.3) is 0 Å². The average Bonchev–Trinajstić information content (AvgIpc) is 2.67. The highest BCUT2D eigenvalue weighted by molar-refractivity contribution is 9.10. The quantitative estimate of drug-likeness (QED) is 0.814. The van der Waals surface area contributed by atoms with Crippen LogP contribution in [-0.2, 0) is 4.74 Å². The van der Waals surface area contributed by atoms with E-state index in [-0.39, 0.29) is 11.9 Å². The third-order valence-electron chi connectivity index (χ3n) is 2.38. The summed E-state index contributed by atoms with van der Waals surface area (Å²) in [7, 11) is 0. The molecule has 82 valence electrons. The second-order valence-electron chi connectivity index (χ2n) is 3.56. The van der Waals surface area contributed by atoms with E-state index in [9.17, 15) is 4.39 Å². The number of halogens is 2. The van der Waals surface area contributed by atoms with Crippen LogP contribution in [0.2, 0.25) is 0 Å². The minimum Gasteiger partial charge on any atom is -0.397 e. The van der Waals surface area contributed by atoms with Crippen molar-refractivity contribution in [2.24, 2.45) is 0 Å². The Balaban J connectivity index is 2.16. The van der Waals surface area contributed by atoms with Gasteiger partial charge in [-0.05, 0) is 28.4 Å². The summed E-state index contributed by atoms with van der Waals surface area (Å²) >= 11 is 3.13. The number of nitrogen functional groups attached to an aromatic ring is 1. The first-order chi connectivity index (χ1) is 7.16. The summed E-state index contributed by atoms with van der Waals surface area (Å²) in [4.78, 5) is 0. The van der Waals surface area contributed by atoms with Crippen molar-refractivity contribution in [2.45, 2.75) is 12.5 Å². The van der Waals surface area contributed by atoms with Crippen LogP contribution in [0.15, 0.2) is 16.6 Å². The highest BCUT2D eigenvalue weighted by atomic mass is 79.9. The molecule has 0 aromatic heterocycles. The topological polar surface area (TPSA) is 47.3 Å². The molecule has 0 bridgehead atoms. The number of hydrogen-bond acceptors (Lipinski definition) is 3. The van der Waals surface area contributed by atoms with Crippen molar-refractivity contribution in [3.8, 4) is 0 Å². The molecular formula is C10H12BrFN2O. The lowest BCUT2D eigenvalue weighted by molar-refractivity contribution is 0.195. The zero-order chi connectivity index (χ0) is 10.8. The van der Waals surface area contributed by atoms with E-state index in [1.54, 1.807) is 6.07 Å². The van der Waals surface area contributed by atoms with Crippen LogP contribution in [0.5, 0.6) is 0 Å². The van der Waals surface area contributed by atoms with E-state index in [1.165, 1.54) is 6.07 Å². The van der Waals surface area contributed by atoms with Gasteiger partial charge >= 0.3 is 0 Å². The normalized spacial score (nSPS) is 20.5. The van der Waals surface area contributed by atoms with Gasteiger partial charge in [-0.25, -0.2) is 4.39 Å². The smallest absolute Gasteiger partial charge is 0.139 e. The largest absolute Gasteiger partial charge is 0.397 e. The van der Waals surface area contributed by atoms with E-state index in [0.29, 0.717) is 16.8 Å². The maximum atomic E-state index is 13.1. The average molecular weight is 275 g/mol. The summed E-state index contributed by atoms with van der Waals surface area (Å²) in [5.74, 6) is -0.347. The van der Waals surface area contributed by atoms with Crippen LogP contribution >= 0.6 is 15.9 Å². The van der Waals surface area contributed by atoms with Crippen molar-refractivity contribution in [2.75, 3.05) is 24.3 Å². The Morgan fingerprint density at radius 2 is 2.33 bits per heavy atom. The molecule has 3 nitrogen and oxygen atoms in total. The molecule has 1 aliphatic heterocycles. The molecule has 3 N–H and O–H groups in total. The fraction of sp³-hybridized carbons (Fsp3) is 0.400. The van der Waals surface area contributed by atoms with E-state index < -0.39 is 0 Å². The van der Waals surface area contributed by atoms with Gasteiger partial charge in [0.1, 0.15) is 5.82 Å². The summed E-state index contributed by atoms with van der Waals surface area (Å²) in [6, 6.07) is 3.23. The molecule has 1 aromatic carbocycles. The van der Waals surface area contributed by atoms with Crippen LogP contribution in [-0.4, -0.2) is 19.3 Å². The second-order valence-corrected chi connectivity index (χ2v) is 4.41. The number of rotatable bonds is 2. The Kier molecular flexibility index (Phi) is 3.11. The second kappa shape index (κ2) is 4.37. The Labute approximate surface area is 95.9 Å². The molecule has 5 heteroatoms. The van der Waals surface area contributed by atoms with Gasteiger partial charge in [-0.1, -0.05) is 0 Å². The van der Waals surface area contributed by atoms with Gasteiger partial charge in [-0.15, -0.1) is 0 Å². The number of hydrogen-bond donors (Lipinski definition) is 2. The van der Waals surface area contributed by atoms with Crippen molar-refractivity contribution in [1.29, 1.82) is 0 Å². The SMILES string of the molecule is Nc1cc(F)c(Br)cc1NC1CCOC1. The summed E-state index contributed by atoms with van der Waals surface area (Å²) in [6.45, 7) is 1.44. The highest BCUT2D eigenvalue weighted by Crippen LogP contribution is 2.27. The lowest BCUT2D eigenvalue weighted by atomic mass is 10.2. The van der Waals surface area contributed by atoms with Crippen molar-refractivity contribution >= 4 is 27.3 Å². The summed E-state index contributed by atoms with van der Waals surface area (Å²) in [6.07, 6.45) is 0.953. The van der Waals surface area contributed by atoms with Gasteiger partial charge < -0.3 is 15.8 Å². The first-order valence-electron chi connectivity index (χ1n) is 4.75. The summed E-state index contributed by atoms with van der Waals surface area (Å²) in [5, 5.41) is 3.23. The Morgan fingerprint density at radius 1 is 1.53 bits per heavy atom. The molecule has 1 heterocycles. The Morgan fingerprint density at radius 3 is 3.00 bits per heavy atom. The predicted molar refractivity (Wildman–Crippen MR) is 61.4 cm³/mol. The van der Waals surface area contributed by atoms with Crippen LogP contribution in [0.1, 0.15) is 6.42 Å². The molecule has 0 aliphatic carbocycles. The van der Waals surface area contributed by atoms with E-state index in [1.807, 2.05) is 0 Å². The van der Waals surface area contributed by atoms with E-state index in [4.69, 9.17) is 10.5 Å². The molecule has 0 radical (unpaired) electrons. The Bertz CT molecular complexity index is 367. The fourth-order valence-corrected chi connectivity index (χ4v) is 1.90. The maximum Gasteiger partial charge on any atom is 0.139 e. The molecule has 15 heavy (non-hydrogen) atoms. The lowest BCUT2D eigenvalue weighted by Crippen LogP contribution is -2.19. The van der Waals surface area contributed by atoms with Crippen LogP contribution in [0.25, 0.3) is 0 Å². The third kappa shape index (κ3) is 2.41. The van der Waals surface area contributed by atoms with Crippen molar-refractivity contribution in [3.05, 3.63) is 22.4 Å². The first-order valence-corrected chi connectivity index (χ1v) is 5.55. The van der Waals surface area contributed by atoms with Gasteiger partial charge in [-0.3, -0.25) is 0 Å². The van der Waals surface area contributed by atoms with Crippen molar-refractivity contribution in [1.82, 2.24) is 0 Å². The predicted octanol–water partition coefficient (Wildman–Crippen LogP) is 2.37. The fourth-order valence-electron chi connectivity index (χ4n) is 1.56. The molecule has 0 saturated carbocycles. The van der Waals surface area contributed by atoms with Crippen LogP contribution in [0.3, 0.4) is 0 Å². The molecule has 0 spiro atoms. The molecule has 1 aromatic rings. The molecule has 1 saturated heterocycles. The molecule has 1 unspecified atom stereocenters. The molecule has 2 rings (SSSR count). The molecular weight excluding hydrogens is 263 g/mol. The van der Waals surface area contributed by atoms with Crippen molar-refractivity contribution < 1.29 is 9.13 Å². The number of nitrogens with two attached hydrogens (primary N) is 1. The molecule has 1 aliphatic rings.